The fraction of sp³-hybridized carbons (Fsp3) is 0.167. The number of rotatable bonds is 8. The highest BCUT2D eigenvalue weighted by molar-refractivity contribution is 7.92. The van der Waals surface area contributed by atoms with Crippen molar-refractivity contribution in [2.45, 2.75) is 13.5 Å². The summed E-state index contributed by atoms with van der Waals surface area (Å²) in [5.41, 5.74) is 1.94. The van der Waals surface area contributed by atoms with Crippen molar-refractivity contribution in [2.75, 3.05) is 22.5 Å². The van der Waals surface area contributed by atoms with E-state index in [1.807, 2.05) is 0 Å². The minimum atomic E-state index is -3.61. The Morgan fingerprint density at radius 2 is 1.65 bits per heavy atom. The van der Waals surface area contributed by atoms with Gasteiger partial charge in [0, 0.05) is 16.3 Å². The number of hydrogen-bond donors (Lipinski definition) is 1. The molecule has 0 unspecified atom stereocenters. The zero-order valence-electron chi connectivity index (χ0n) is 18.4. The highest BCUT2D eigenvalue weighted by atomic mass is 35.5. The Bertz CT molecular complexity index is 1310. The van der Waals surface area contributed by atoms with Gasteiger partial charge >= 0.3 is 5.97 Å². The van der Waals surface area contributed by atoms with Crippen molar-refractivity contribution in [3.8, 4) is 0 Å². The number of carbonyl (C=O) groups is 2. The lowest BCUT2D eigenvalue weighted by Gasteiger charge is -2.23. The number of carbonyl (C=O) groups excluding carboxylic acids is 2. The van der Waals surface area contributed by atoms with E-state index in [1.165, 1.54) is 28.6 Å². The molecule has 1 N–H and O–H groups in total. The molecule has 10 heteroatoms. The average Bonchev–Trinajstić information content (AvgIpc) is 2.78. The van der Waals surface area contributed by atoms with Gasteiger partial charge in [-0.2, -0.15) is 0 Å². The zero-order chi connectivity index (χ0) is 24.9. The number of sulfonamides is 1. The molecule has 0 atom stereocenters. The van der Waals surface area contributed by atoms with Crippen molar-refractivity contribution in [1.29, 1.82) is 0 Å². The van der Waals surface area contributed by atoms with Crippen LogP contribution in [-0.2, 0) is 21.3 Å². The summed E-state index contributed by atoms with van der Waals surface area (Å²) >= 11 is 12.3. The molecule has 7 nitrogen and oxygen atoms in total. The molecule has 0 aliphatic carbocycles. The normalized spacial score (nSPS) is 11.1. The van der Waals surface area contributed by atoms with E-state index in [9.17, 15) is 18.0 Å². The van der Waals surface area contributed by atoms with Gasteiger partial charge in [0.2, 0.25) is 10.0 Å². The Kier molecular flexibility index (Phi) is 8.19. The summed E-state index contributed by atoms with van der Waals surface area (Å²) in [5, 5.41) is 3.30. The molecule has 0 saturated carbocycles. The Morgan fingerprint density at radius 1 is 0.971 bits per heavy atom. The second kappa shape index (κ2) is 10.9. The van der Waals surface area contributed by atoms with Crippen molar-refractivity contribution in [1.82, 2.24) is 0 Å². The third-order valence-electron chi connectivity index (χ3n) is 4.81. The molecule has 3 aromatic carbocycles. The molecule has 34 heavy (non-hydrogen) atoms. The average molecular weight is 521 g/mol. The van der Waals surface area contributed by atoms with Crippen molar-refractivity contribution >= 4 is 56.5 Å². The highest BCUT2D eigenvalue weighted by Crippen LogP contribution is 2.26. The van der Waals surface area contributed by atoms with Gasteiger partial charge in [-0.25, -0.2) is 13.2 Å². The van der Waals surface area contributed by atoms with Crippen LogP contribution in [0, 0.1) is 0 Å². The first kappa shape index (κ1) is 25.6. The number of nitrogens with zero attached hydrogens (tertiary/aromatic N) is 1. The van der Waals surface area contributed by atoms with Gasteiger partial charge in [0.1, 0.15) is 0 Å². The van der Waals surface area contributed by atoms with Gasteiger partial charge in [-0.15, -0.1) is 0 Å². The minimum Gasteiger partial charge on any atom is -0.462 e. The molecule has 0 bridgehead atoms. The number of anilines is 2. The molecule has 0 aliphatic heterocycles. The van der Waals surface area contributed by atoms with Crippen LogP contribution < -0.4 is 9.62 Å². The smallest absolute Gasteiger partial charge is 0.339 e. The number of benzene rings is 3. The summed E-state index contributed by atoms with van der Waals surface area (Å²) in [6, 6.07) is 17.6. The lowest BCUT2D eigenvalue weighted by Crippen LogP contribution is -2.29. The van der Waals surface area contributed by atoms with Gasteiger partial charge in [-0.05, 0) is 61.0 Å². The quantitative estimate of drug-likeness (QED) is 0.402. The Hall–Kier alpha value is -3.07. The number of amides is 1. The molecule has 3 aromatic rings. The van der Waals surface area contributed by atoms with Crippen LogP contribution >= 0.6 is 23.2 Å². The topological polar surface area (TPSA) is 92.8 Å². The molecule has 0 aliphatic rings. The van der Waals surface area contributed by atoms with E-state index in [2.05, 4.69) is 5.32 Å². The number of esters is 1. The fourth-order valence-corrected chi connectivity index (χ4v) is 4.46. The SMILES string of the molecule is CCOC(=O)c1ccc(NC(=O)c2ccc(N(Cc3ccccc3Cl)S(C)(=O)=O)cc2)cc1Cl. The van der Waals surface area contributed by atoms with Crippen molar-refractivity contribution in [3.05, 3.63) is 93.5 Å². The van der Waals surface area contributed by atoms with Crippen LogP contribution in [0.5, 0.6) is 0 Å². The maximum Gasteiger partial charge on any atom is 0.339 e. The van der Waals surface area contributed by atoms with E-state index in [0.29, 0.717) is 27.5 Å². The lowest BCUT2D eigenvalue weighted by atomic mass is 10.1. The molecule has 1 amide bonds. The number of hydrogen-bond acceptors (Lipinski definition) is 5. The summed E-state index contributed by atoms with van der Waals surface area (Å²) in [6.45, 7) is 1.96. The monoisotopic (exact) mass is 520 g/mol. The maximum absolute atomic E-state index is 12.7. The Labute approximate surface area is 208 Å². The fourth-order valence-electron chi connectivity index (χ4n) is 3.13. The second-order valence-electron chi connectivity index (χ2n) is 7.28. The van der Waals surface area contributed by atoms with E-state index >= 15 is 0 Å². The first-order valence-electron chi connectivity index (χ1n) is 10.2. The van der Waals surface area contributed by atoms with Crippen LogP contribution in [0.4, 0.5) is 11.4 Å². The Morgan fingerprint density at radius 3 is 2.24 bits per heavy atom. The van der Waals surface area contributed by atoms with Gasteiger partial charge in [-0.3, -0.25) is 9.10 Å². The molecule has 0 fully saturated rings. The third-order valence-corrected chi connectivity index (χ3v) is 6.63. The molecule has 3 rings (SSSR count). The third kappa shape index (κ3) is 6.28. The largest absolute Gasteiger partial charge is 0.462 e. The summed E-state index contributed by atoms with van der Waals surface area (Å²) in [4.78, 5) is 24.5. The molecule has 0 radical (unpaired) electrons. The van der Waals surface area contributed by atoms with Crippen LogP contribution in [0.2, 0.25) is 10.0 Å². The Balaban J connectivity index is 1.77. The van der Waals surface area contributed by atoms with Crippen molar-refractivity contribution in [2.24, 2.45) is 0 Å². The molecular weight excluding hydrogens is 499 g/mol. The summed E-state index contributed by atoms with van der Waals surface area (Å²) in [6.07, 6.45) is 1.11. The van der Waals surface area contributed by atoms with Gasteiger partial charge in [0.05, 0.1) is 35.7 Å². The number of nitrogens with one attached hydrogen (secondary N) is 1. The second-order valence-corrected chi connectivity index (χ2v) is 10.00. The van der Waals surface area contributed by atoms with E-state index in [4.69, 9.17) is 27.9 Å². The van der Waals surface area contributed by atoms with Gasteiger partial charge in [-0.1, -0.05) is 41.4 Å². The van der Waals surface area contributed by atoms with Gasteiger partial charge < -0.3 is 10.1 Å². The number of ether oxygens (including phenoxy) is 1. The van der Waals surface area contributed by atoms with Crippen LogP contribution in [0.3, 0.4) is 0 Å². The first-order valence-corrected chi connectivity index (χ1v) is 12.8. The van der Waals surface area contributed by atoms with Crippen LogP contribution in [-0.4, -0.2) is 33.2 Å². The summed E-state index contributed by atoms with van der Waals surface area (Å²) in [7, 11) is -3.61. The maximum atomic E-state index is 12.7. The predicted octanol–water partition coefficient (Wildman–Crippen LogP) is 5.39. The summed E-state index contributed by atoms with van der Waals surface area (Å²) in [5.74, 6) is -0.975. The standard InChI is InChI=1S/C24H22Cl2N2O5S/c1-3-33-24(30)20-13-10-18(14-22(20)26)27-23(29)16-8-11-19(12-9-16)28(34(2,31)32)15-17-6-4-5-7-21(17)25/h4-14H,3,15H2,1-2H3,(H,27,29). The number of halogens is 2. The molecule has 0 aromatic heterocycles. The molecular formula is C24H22Cl2N2O5S. The van der Waals surface area contributed by atoms with E-state index in [0.717, 1.165) is 6.26 Å². The van der Waals surface area contributed by atoms with E-state index < -0.39 is 21.9 Å². The van der Waals surface area contributed by atoms with Gasteiger partial charge in [0.25, 0.3) is 5.91 Å². The minimum absolute atomic E-state index is 0.0510. The van der Waals surface area contributed by atoms with Crippen molar-refractivity contribution in [3.63, 3.8) is 0 Å². The highest BCUT2D eigenvalue weighted by Gasteiger charge is 2.20. The zero-order valence-corrected chi connectivity index (χ0v) is 20.7. The first-order chi connectivity index (χ1) is 16.1. The summed E-state index contributed by atoms with van der Waals surface area (Å²) < 4.78 is 31.0. The molecule has 0 heterocycles. The van der Waals surface area contributed by atoms with Crippen LogP contribution in [0.25, 0.3) is 0 Å². The van der Waals surface area contributed by atoms with Crippen molar-refractivity contribution < 1.29 is 22.7 Å². The molecule has 0 saturated heterocycles. The molecule has 0 spiro atoms. The van der Waals surface area contributed by atoms with E-state index in [-0.39, 0.29) is 23.7 Å². The predicted molar refractivity (Wildman–Crippen MR) is 134 cm³/mol. The van der Waals surface area contributed by atoms with Crippen LogP contribution in [0.1, 0.15) is 33.2 Å². The van der Waals surface area contributed by atoms with Gasteiger partial charge in [0.15, 0.2) is 0 Å². The lowest BCUT2D eigenvalue weighted by molar-refractivity contribution is 0.0526. The van der Waals surface area contributed by atoms with Crippen LogP contribution in [0.15, 0.2) is 66.7 Å². The molecule has 178 valence electrons. The van der Waals surface area contributed by atoms with E-state index in [1.54, 1.807) is 49.4 Å².